The molecule has 0 aromatic heterocycles. The Bertz CT molecular complexity index is 845. The molecule has 0 heterocycles. The van der Waals surface area contributed by atoms with E-state index in [1.807, 2.05) is 24.3 Å². The summed E-state index contributed by atoms with van der Waals surface area (Å²) in [7, 11) is 0. The van der Waals surface area contributed by atoms with Crippen molar-refractivity contribution in [2.75, 3.05) is 5.32 Å². The van der Waals surface area contributed by atoms with Gasteiger partial charge < -0.3 is 10.1 Å². The lowest BCUT2D eigenvalue weighted by Crippen LogP contribution is -2.41. The summed E-state index contributed by atoms with van der Waals surface area (Å²) in [5.74, 6) is -0.216. The molecule has 6 heteroatoms. The van der Waals surface area contributed by atoms with Gasteiger partial charge in [0.25, 0.3) is 5.91 Å². The number of hydrogen-bond donors (Lipinski definition) is 2. The van der Waals surface area contributed by atoms with Crippen LogP contribution in [0.4, 0.5) is 10.5 Å². The summed E-state index contributed by atoms with van der Waals surface area (Å²) in [6.45, 7) is 0. The van der Waals surface area contributed by atoms with Gasteiger partial charge >= 0.3 is 6.09 Å². The van der Waals surface area contributed by atoms with Crippen molar-refractivity contribution < 1.29 is 14.3 Å². The average Bonchev–Trinajstić information content (AvgIpc) is 2.69. The second-order valence-electron chi connectivity index (χ2n) is 6.55. The lowest BCUT2D eigenvalue weighted by atomic mass is 9.92. The van der Waals surface area contributed by atoms with Crippen molar-refractivity contribution in [2.24, 2.45) is 0 Å². The van der Waals surface area contributed by atoms with Crippen molar-refractivity contribution in [2.45, 2.75) is 37.8 Å². The van der Waals surface area contributed by atoms with E-state index in [1.54, 1.807) is 36.4 Å². The third kappa shape index (κ3) is 5.32. The number of rotatable bonds is 4. The number of anilines is 1. The zero-order chi connectivity index (χ0) is 19.1. The molecule has 138 valence electrons. The molecule has 1 fully saturated rings. The fourth-order valence-electron chi connectivity index (χ4n) is 3.20. The summed E-state index contributed by atoms with van der Waals surface area (Å²) in [5, 5.41) is 14.6. The van der Waals surface area contributed by atoms with E-state index >= 15 is 0 Å². The van der Waals surface area contributed by atoms with Gasteiger partial charge in [-0.2, -0.15) is 5.26 Å². The van der Waals surface area contributed by atoms with E-state index in [1.165, 1.54) is 0 Å². The molecule has 0 saturated heterocycles. The zero-order valence-electron chi connectivity index (χ0n) is 14.9. The topological polar surface area (TPSA) is 91.2 Å². The maximum absolute atomic E-state index is 12.4. The molecule has 2 aromatic carbocycles. The second-order valence-corrected chi connectivity index (χ2v) is 6.55. The molecule has 1 aliphatic carbocycles. The molecule has 0 radical (unpaired) electrons. The molecule has 2 N–H and O–H groups in total. The number of amides is 2. The minimum Gasteiger partial charge on any atom is -0.446 e. The van der Waals surface area contributed by atoms with Gasteiger partial charge in [0.2, 0.25) is 0 Å². The Morgan fingerprint density at radius 3 is 2.67 bits per heavy atom. The van der Waals surface area contributed by atoms with E-state index in [9.17, 15) is 9.59 Å². The van der Waals surface area contributed by atoms with Crippen molar-refractivity contribution >= 4 is 17.7 Å². The summed E-state index contributed by atoms with van der Waals surface area (Å²) in [5.41, 5.74) is 1.59. The highest BCUT2D eigenvalue weighted by atomic mass is 16.6. The summed E-state index contributed by atoms with van der Waals surface area (Å²) in [4.78, 5) is 24.5. The van der Waals surface area contributed by atoms with Crippen molar-refractivity contribution in [3.8, 4) is 6.07 Å². The lowest BCUT2D eigenvalue weighted by molar-refractivity contribution is 0.0712. The van der Waals surface area contributed by atoms with Crippen LogP contribution >= 0.6 is 0 Å². The average molecular weight is 363 g/mol. The smallest absolute Gasteiger partial charge is 0.411 e. The first-order chi connectivity index (χ1) is 13.1. The van der Waals surface area contributed by atoms with Gasteiger partial charge in [-0.25, -0.2) is 4.79 Å². The molecular formula is C21H21N3O3. The van der Waals surface area contributed by atoms with Crippen LogP contribution in [0.1, 0.15) is 41.6 Å². The Hall–Kier alpha value is -3.33. The van der Waals surface area contributed by atoms with Crippen LogP contribution in [-0.4, -0.2) is 24.1 Å². The van der Waals surface area contributed by atoms with Gasteiger partial charge in [-0.3, -0.25) is 10.1 Å². The van der Waals surface area contributed by atoms with E-state index in [0.29, 0.717) is 23.2 Å². The number of nitrogens with one attached hydrogen (secondary N) is 2. The highest BCUT2D eigenvalue weighted by molar-refractivity contribution is 5.94. The zero-order valence-corrected chi connectivity index (χ0v) is 14.9. The molecule has 3 rings (SSSR count). The number of hydrogen-bond acceptors (Lipinski definition) is 4. The lowest BCUT2D eigenvalue weighted by Gasteiger charge is -2.29. The van der Waals surface area contributed by atoms with E-state index in [-0.39, 0.29) is 18.1 Å². The van der Waals surface area contributed by atoms with Gasteiger partial charge in [0, 0.05) is 23.7 Å². The van der Waals surface area contributed by atoms with Crippen LogP contribution < -0.4 is 10.6 Å². The van der Waals surface area contributed by atoms with Gasteiger partial charge in [0.1, 0.15) is 6.10 Å². The molecule has 0 spiro atoms. The minimum absolute atomic E-state index is 0.0634. The predicted octanol–water partition coefficient (Wildman–Crippen LogP) is 3.85. The fraction of sp³-hybridized carbons (Fsp3) is 0.286. The van der Waals surface area contributed by atoms with Crippen LogP contribution in [0.5, 0.6) is 0 Å². The highest BCUT2D eigenvalue weighted by Gasteiger charge is 2.26. The van der Waals surface area contributed by atoms with Crippen LogP contribution in [0.25, 0.3) is 0 Å². The van der Waals surface area contributed by atoms with Crippen molar-refractivity contribution in [3.63, 3.8) is 0 Å². The molecule has 1 aliphatic rings. The van der Waals surface area contributed by atoms with Gasteiger partial charge in [-0.1, -0.05) is 24.3 Å². The minimum atomic E-state index is -0.486. The fourth-order valence-corrected chi connectivity index (χ4v) is 3.20. The third-order valence-corrected chi connectivity index (χ3v) is 4.51. The summed E-state index contributed by atoms with van der Waals surface area (Å²) >= 11 is 0. The van der Waals surface area contributed by atoms with Crippen LogP contribution in [0.3, 0.4) is 0 Å². The Balaban J connectivity index is 1.52. The maximum Gasteiger partial charge on any atom is 0.411 e. The van der Waals surface area contributed by atoms with Crippen LogP contribution in [0.15, 0.2) is 54.6 Å². The van der Waals surface area contributed by atoms with Crippen molar-refractivity contribution in [3.05, 3.63) is 65.7 Å². The highest BCUT2D eigenvalue weighted by Crippen LogP contribution is 2.22. The van der Waals surface area contributed by atoms with Crippen LogP contribution in [0, 0.1) is 11.3 Å². The van der Waals surface area contributed by atoms with Gasteiger partial charge in [-0.15, -0.1) is 0 Å². The Morgan fingerprint density at radius 2 is 1.89 bits per heavy atom. The number of carbonyl (C=O) groups excluding carboxylic acids is 2. The van der Waals surface area contributed by atoms with Gasteiger partial charge in [0.05, 0.1) is 11.6 Å². The SMILES string of the molecule is N#Cc1cccc(C(=O)N[C@@H]2CCC[C@@H](OC(=O)Nc3ccccc3)C2)c1. The number of benzene rings is 2. The second kappa shape index (κ2) is 8.86. The van der Waals surface area contributed by atoms with E-state index < -0.39 is 6.09 Å². The number of para-hydroxylation sites is 1. The molecular weight excluding hydrogens is 342 g/mol. The third-order valence-electron chi connectivity index (χ3n) is 4.51. The normalized spacial score (nSPS) is 18.8. The van der Waals surface area contributed by atoms with Gasteiger partial charge in [-0.05, 0) is 49.6 Å². The summed E-state index contributed by atoms with van der Waals surface area (Å²) < 4.78 is 5.50. The molecule has 2 amide bonds. The Kier molecular flexibility index (Phi) is 6.06. The largest absolute Gasteiger partial charge is 0.446 e. The molecule has 1 saturated carbocycles. The van der Waals surface area contributed by atoms with E-state index in [4.69, 9.17) is 10.00 Å². The first-order valence-corrected chi connectivity index (χ1v) is 8.98. The van der Waals surface area contributed by atoms with Gasteiger partial charge in [0.15, 0.2) is 0 Å². The van der Waals surface area contributed by atoms with Crippen LogP contribution in [0.2, 0.25) is 0 Å². The first kappa shape index (κ1) is 18.5. The van der Waals surface area contributed by atoms with E-state index in [0.717, 1.165) is 19.3 Å². The molecule has 0 bridgehead atoms. The predicted molar refractivity (Wildman–Crippen MR) is 101 cm³/mol. The quantitative estimate of drug-likeness (QED) is 0.863. The van der Waals surface area contributed by atoms with E-state index in [2.05, 4.69) is 10.6 Å². The van der Waals surface area contributed by atoms with Crippen molar-refractivity contribution in [1.29, 1.82) is 5.26 Å². The monoisotopic (exact) mass is 363 g/mol. The summed E-state index contributed by atoms with van der Waals surface area (Å²) in [6.07, 6.45) is 2.33. The number of nitriles is 1. The number of carbonyl (C=O) groups is 2. The first-order valence-electron chi connectivity index (χ1n) is 8.98. The molecule has 0 unspecified atom stereocenters. The molecule has 0 aliphatic heterocycles. The Morgan fingerprint density at radius 1 is 1.07 bits per heavy atom. The standard InChI is InChI=1S/C21H21N3O3/c22-14-15-6-4-7-16(12-15)20(25)23-18-10-5-11-19(13-18)27-21(26)24-17-8-2-1-3-9-17/h1-4,6-9,12,18-19H,5,10-11,13H2,(H,23,25)(H,24,26)/t18-,19-/m1/s1. The number of ether oxygens (including phenoxy) is 1. The maximum atomic E-state index is 12.4. The number of nitrogens with zero attached hydrogens (tertiary/aromatic N) is 1. The molecule has 2 aromatic rings. The molecule has 6 nitrogen and oxygen atoms in total. The van der Waals surface area contributed by atoms with Crippen LogP contribution in [-0.2, 0) is 4.74 Å². The molecule has 27 heavy (non-hydrogen) atoms. The Labute approximate surface area is 158 Å². The van der Waals surface area contributed by atoms with Crippen molar-refractivity contribution in [1.82, 2.24) is 5.32 Å². The molecule has 2 atom stereocenters. The summed E-state index contributed by atoms with van der Waals surface area (Å²) in [6, 6.07) is 17.7.